The normalized spacial score (nSPS) is 19.7. The van der Waals surface area contributed by atoms with Gasteiger partial charge in [0, 0.05) is 46.7 Å². The molecule has 8 heteroatoms. The highest BCUT2D eigenvalue weighted by Gasteiger charge is 2.37. The topological polar surface area (TPSA) is 71.4 Å². The van der Waals surface area contributed by atoms with Gasteiger partial charge in [-0.25, -0.2) is 0 Å². The first-order valence-corrected chi connectivity index (χ1v) is 12.5. The number of likely N-dealkylation sites (tertiary alicyclic amines) is 1. The lowest BCUT2D eigenvalue weighted by Gasteiger charge is -2.43. The third kappa shape index (κ3) is 4.45. The van der Waals surface area contributed by atoms with E-state index in [1.165, 1.54) is 11.3 Å². The van der Waals surface area contributed by atoms with E-state index in [0.29, 0.717) is 29.7 Å². The van der Waals surface area contributed by atoms with E-state index in [9.17, 15) is 14.4 Å². The van der Waals surface area contributed by atoms with Gasteiger partial charge in [-0.3, -0.25) is 14.4 Å². The van der Waals surface area contributed by atoms with Gasteiger partial charge in [-0.1, -0.05) is 24.3 Å². The average molecular weight is 524 g/mol. The zero-order chi connectivity index (χ0) is 22.9. The van der Waals surface area contributed by atoms with E-state index in [1.807, 2.05) is 39.1 Å². The summed E-state index contributed by atoms with van der Waals surface area (Å²) < 4.78 is 2.51. The van der Waals surface area contributed by atoms with Gasteiger partial charge in [0.25, 0.3) is 17.4 Å². The van der Waals surface area contributed by atoms with Crippen LogP contribution < -0.4 is 10.9 Å². The van der Waals surface area contributed by atoms with Gasteiger partial charge in [0.1, 0.15) is 5.70 Å². The maximum Gasteiger partial charge on any atom is 0.270 e. The molecule has 5 rings (SSSR count). The third-order valence-electron chi connectivity index (χ3n) is 6.19. The van der Waals surface area contributed by atoms with Crippen molar-refractivity contribution in [3.05, 3.63) is 96.6 Å². The van der Waals surface area contributed by atoms with Crippen LogP contribution in [0.2, 0.25) is 0 Å². The number of thiophene rings is 1. The number of pyridine rings is 1. The molecule has 2 aliphatic rings. The van der Waals surface area contributed by atoms with Gasteiger partial charge in [-0.2, -0.15) is 0 Å². The highest BCUT2D eigenvalue weighted by atomic mass is 79.9. The number of hydrogen-bond donors (Lipinski definition) is 1. The summed E-state index contributed by atoms with van der Waals surface area (Å²) in [6.45, 7) is 1.69. The van der Waals surface area contributed by atoms with Gasteiger partial charge in [0.2, 0.25) is 0 Å². The van der Waals surface area contributed by atoms with E-state index in [4.69, 9.17) is 0 Å². The Labute approximate surface area is 203 Å². The molecule has 0 aliphatic carbocycles. The second-order valence-corrected chi connectivity index (χ2v) is 10.2. The van der Waals surface area contributed by atoms with Crippen molar-refractivity contribution in [1.82, 2.24) is 14.8 Å². The van der Waals surface area contributed by atoms with Crippen molar-refractivity contribution in [3.63, 3.8) is 0 Å². The van der Waals surface area contributed by atoms with Gasteiger partial charge < -0.3 is 14.8 Å². The first-order valence-electron chi connectivity index (χ1n) is 10.8. The molecule has 1 aromatic carbocycles. The second kappa shape index (κ2) is 9.11. The molecule has 1 saturated heterocycles. The van der Waals surface area contributed by atoms with E-state index >= 15 is 0 Å². The molecule has 0 saturated carbocycles. The van der Waals surface area contributed by atoms with Crippen LogP contribution in [0.1, 0.15) is 33.3 Å². The van der Waals surface area contributed by atoms with Crippen LogP contribution in [-0.4, -0.2) is 34.4 Å². The van der Waals surface area contributed by atoms with E-state index in [2.05, 4.69) is 21.2 Å². The molecule has 1 fully saturated rings. The molecule has 168 valence electrons. The van der Waals surface area contributed by atoms with Crippen LogP contribution in [-0.2, 0) is 11.3 Å². The molecule has 2 unspecified atom stereocenters. The molecular weight excluding hydrogens is 502 g/mol. The van der Waals surface area contributed by atoms with E-state index in [1.54, 1.807) is 36.4 Å². The number of carbonyl (C=O) groups excluding carboxylic acids is 2. The summed E-state index contributed by atoms with van der Waals surface area (Å²) in [4.78, 5) is 41.7. The Bertz CT molecular complexity index is 1300. The molecule has 1 N–H and O–H groups in total. The van der Waals surface area contributed by atoms with Crippen LogP contribution in [0.3, 0.4) is 0 Å². The average Bonchev–Trinajstić information content (AvgIpc) is 3.32. The summed E-state index contributed by atoms with van der Waals surface area (Å²) >= 11 is 4.92. The SMILES string of the molecule is O=C(N/C(=C\c1cccs1)C(=O)N1CC2CC(C1)c1cccc(=O)n1C2)c1ccccc1Br. The zero-order valence-electron chi connectivity index (χ0n) is 17.7. The highest BCUT2D eigenvalue weighted by Crippen LogP contribution is 2.35. The molecule has 2 bridgehead atoms. The van der Waals surface area contributed by atoms with Crippen LogP contribution in [0.4, 0.5) is 0 Å². The molecule has 2 amide bonds. The number of carbonyl (C=O) groups is 2. The van der Waals surface area contributed by atoms with Crippen LogP contribution in [0, 0.1) is 5.92 Å². The van der Waals surface area contributed by atoms with Crippen LogP contribution in [0.5, 0.6) is 0 Å². The first kappa shape index (κ1) is 21.9. The second-order valence-electron chi connectivity index (χ2n) is 8.42. The van der Waals surface area contributed by atoms with Crippen molar-refractivity contribution in [1.29, 1.82) is 0 Å². The Morgan fingerprint density at radius 1 is 1.03 bits per heavy atom. The molecule has 0 radical (unpaired) electrons. The van der Waals surface area contributed by atoms with Crippen molar-refractivity contribution in [2.24, 2.45) is 5.92 Å². The number of piperidine rings is 1. The first-order chi connectivity index (χ1) is 16.0. The fourth-order valence-corrected chi connectivity index (χ4v) is 5.86. The standard InChI is InChI=1S/C25H22BrN3O3S/c26-20-7-2-1-6-19(20)24(31)27-21(12-18-5-4-10-33-18)25(32)28-13-16-11-17(15-28)22-8-3-9-23(30)29(22)14-16/h1-10,12,16-17H,11,13-15H2,(H,27,31)/b21-12-. The third-order valence-corrected chi connectivity index (χ3v) is 7.70. The Hall–Kier alpha value is -2.97. The smallest absolute Gasteiger partial charge is 0.270 e. The van der Waals surface area contributed by atoms with Crippen molar-refractivity contribution in [3.8, 4) is 0 Å². The number of fused-ring (bicyclic) bond motifs is 4. The minimum absolute atomic E-state index is 0.0148. The minimum atomic E-state index is -0.340. The molecule has 33 heavy (non-hydrogen) atoms. The Kier molecular flexibility index (Phi) is 6.03. The minimum Gasteiger partial charge on any atom is -0.336 e. The van der Waals surface area contributed by atoms with Gasteiger partial charge in [0.15, 0.2) is 0 Å². The van der Waals surface area contributed by atoms with Crippen LogP contribution in [0.25, 0.3) is 6.08 Å². The molecule has 2 atom stereocenters. The molecule has 6 nitrogen and oxygen atoms in total. The van der Waals surface area contributed by atoms with Gasteiger partial charge in [-0.15, -0.1) is 11.3 Å². The number of nitrogens with one attached hydrogen (secondary N) is 1. The van der Waals surface area contributed by atoms with Crippen molar-refractivity contribution < 1.29 is 9.59 Å². The molecule has 0 spiro atoms. The number of benzene rings is 1. The molecule has 2 aromatic heterocycles. The summed E-state index contributed by atoms with van der Waals surface area (Å²) in [6, 6.07) is 16.3. The van der Waals surface area contributed by atoms with E-state index in [-0.39, 0.29) is 34.9 Å². The van der Waals surface area contributed by atoms with Gasteiger partial charge in [-0.05, 0) is 64.0 Å². The van der Waals surface area contributed by atoms with Gasteiger partial charge in [0.05, 0.1) is 5.56 Å². The lowest BCUT2D eigenvalue weighted by atomic mass is 9.83. The Morgan fingerprint density at radius 2 is 1.88 bits per heavy atom. The monoisotopic (exact) mass is 523 g/mol. The van der Waals surface area contributed by atoms with Crippen molar-refractivity contribution in [2.75, 3.05) is 13.1 Å². The molecule has 4 heterocycles. The summed E-state index contributed by atoms with van der Waals surface area (Å²) in [5.74, 6) is -0.225. The van der Waals surface area contributed by atoms with E-state index < -0.39 is 0 Å². The maximum atomic E-state index is 13.7. The van der Waals surface area contributed by atoms with Crippen LogP contribution >= 0.6 is 27.3 Å². The van der Waals surface area contributed by atoms with Gasteiger partial charge >= 0.3 is 0 Å². The van der Waals surface area contributed by atoms with Crippen molar-refractivity contribution in [2.45, 2.75) is 18.9 Å². The number of rotatable bonds is 4. The summed E-state index contributed by atoms with van der Waals surface area (Å²) in [5.41, 5.74) is 1.72. The number of amides is 2. The molecular formula is C25H22BrN3O3S. The summed E-state index contributed by atoms with van der Waals surface area (Å²) in [6.07, 6.45) is 2.70. The number of halogens is 1. The fraction of sp³-hybridized carbons (Fsp3) is 0.240. The highest BCUT2D eigenvalue weighted by molar-refractivity contribution is 9.10. The number of hydrogen-bond acceptors (Lipinski definition) is 4. The summed E-state index contributed by atoms with van der Waals surface area (Å²) in [7, 11) is 0. The lowest BCUT2D eigenvalue weighted by molar-refractivity contribution is -0.130. The quantitative estimate of drug-likeness (QED) is 0.523. The maximum absolute atomic E-state index is 13.7. The Balaban J connectivity index is 1.43. The Morgan fingerprint density at radius 3 is 2.67 bits per heavy atom. The van der Waals surface area contributed by atoms with Crippen LogP contribution in [0.15, 0.2) is 74.9 Å². The fourth-order valence-electron chi connectivity index (χ4n) is 4.73. The largest absolute Gasteiger partial charge is 0.336 e. The predicted molar refractivity (Wildman–Crippen MR) is 132 cm³/mol. The van der Waals surface area contributed by atoms with E-state index in [0.717, 1.165) is 17.0 Å². The summed E-state index contributed by atoms with van der Waals surface area (Å²) in [5, 5.41) is 4.79. The number of nitrogens with zero attached hydrogens (tertiary/aromatic N) is 2. The predicted octanol–water partition coefficient (Wildman–Crippen LogP) is 4.09. The molecule has 2 aliphatic heterocycles. The zero-order valence-corrected chi connectivity index (χ0v) is 20.1. The number of aromatic nitrogens is 1. The van der Waals surface area contributed by atoms with Crippen molar-refractivity contribution >= 4 is 45.2 Å². The molecule has 3 aromatic rings. The lowest BCUT2D eigenvalue weighted by Crippen LogP contribution is -2.50.